The van der Waals surface area contributed by atoms with Crippen LogP contribution in [0.4, 0.5) is 0 Å². The van der Waals surface area contributed by atoms with Gasteiger partial charge in [-0.25, -0.2) is 0 Å². The quantitative estimate of drug-likeness (QED) is 0.206. The van der Waals surface area contributed by atoms with Crippen LogP contribution in [0.3, 0.4) is 0 Å². The van der Waals surface area contributed by atoms with Crippen LogP contribution in [0.5, 0.6) is 0 Å². The lowest BCUT2D eigenvalue weighted by molar-refractivity contribution is -0.351. The third-order valence-electron chi connectivity index (χ3n) is 19.5. The summed E-state index contributed by atoms with van der Waals surface area (Å²) < 4.78 is 102. The van der Waals surface area contributed by atoms with Crippen LogP contribution in [-0.2, 0) is 80.6 Å². The topological polar surface area (TPSA) is 225 Å². The molecule has 0 amide bonds. The summed E-state index contributed by atoms with van der Waals surface area (Å²) in [4.78, 5) is 13.5. The standard InChI is InChI=1S/C55H88O20/c1-25-33-18-35(57)52(59)54(33,8)41-24-40-53(7)15-14-32(17-31(53)13-16-55(40,74-25)75-41)69-43-21-37(61-10)50(28(4)66-43)72-46-23-39(63-12)51(30(6)68-46)73-45-22-38(62-11)49(29(5)67-45)71-42-19-34(56)48(27(3)65-42)70-44-20-36(60-9)47(58)26(2)64-44/h13,25-30,32-51,56-58H,14-24H2,1-12H3/t25?,26-,27-,28-,29-,30-,32+,33-,34-,35-,36-,37+,38-,39-,40-,41?,42+,43+,44+,45+,46+,47-,48-,49-,50-,51-,53+,54+,55+/m1/s1. The molecule has 9 fully saturated rings. The first-order valence-electron chi connectivity index (χ1n) is 28.0. The van der Waals surface area contributed by atoms with Gasteiger partial charge in [-0.3, -0.25) is 4.79 Å². The van der Waals surface area contributed by atoms with Gasteiger partial charge in [-0.1, -0.05) is 18.6 Å². The molecule has 2 saturated carbocycles. The molecule has 0 aromatic heterocycles. The summed E-state index contributed by atoms with van der Waals surface area (Å²) in [6.07, 6.45) is -4.15. The lowest BCUT2D eigenvalue weighted by atomic mass is 9.56. The van der Waals surface area contributed by atoms with Crippen LogP contribution >= 0.6 is 0 Å². The Morgan fingerprint density at radius 1 is 0.547 bits per heavy atom. The summed E-state index contributed by atoms with van der Waals surface area (Å²) in [5, 5.41) is 32.3. The van der Waals surface area contributed by atoms with Crippen LogP contribution < -0.4 is 0 Å². The lowest BCUT2D eigenvalue weighted by Gasteiger charge is -2.53. The Morgan fingerprint density at radius 2 is 1.01 bits per heavy atom. The van der Waals surface area contributed by atoms with E-state index in [4.69, 9.17) is 75.8 Å². The van der Waals surface area contributed by atoms with Crippen molar-refractivity contribution in [1.29, 1.82) is 0 Å². The molecule has 7 aliphatic heterocycles. The van der Waals surface area contributed by atoms with Crippen LogP contribution in [-0.4, -0.2) is 203 Å². The molecule has 29 atom stereocenters. The van der Waals surface area contributed by atoms with Crippen LogP contribution in [0.2, 0.25) is 0 Å². The van der Waals surface area contributed by atoms with Crippen molar-refractivity contribution in [1.82, 2.24) is 0 Å². The first kappa shape index (κ1) is 56.9. The molecule has 0 aromatic rings. The van der Waals surface area contributed by atoms with E-state index in [1.54, 1.807) is 35.4 Å². The normalized spacial score (nSPS) is 54.1. The maximum absolute atomic E-state index is 13.5. The Balaban J connectivity index is 0.692. The second-order valence-electron chi connectivity index (χ2n) is 24.0. The Morgan fingerprint density at radius 3 is 1.53 bits per heavy atom. The largest absolute Gasteiger partial charge is 0.390 e. The van der Waals surface area contributed by atoms with Gasteiger partial charge in [0.15, 0.2) is 43.0 Å². The summed E-state index contributed by atoms with van der Waals surface area (Å²) in [6, 6.07) is 0. The van der Waals surface area contributed by atoms with Crippen LogP contribution in [0.15, 0.2) is 11.6 Å². The van der Waals surface area contributed by atoms with Gasteiger partial charge in [0.25, 0.3) is 0 Å². The molecule has 0 aromatic carbocycles. The van der Waals surface area contributed by atoms with Gasteiger partial charge in [0.2, 0.25) is 0 Å². The number of aliphatic hydroxyl groups excluding tert-OH is 3. The molecule has 428 valence electrons. The van der Waals surface area contributed by atoms with E-state index in [1.807, 2.05) is 41.5 Å². The number of carbonyl (C=O) groups is 1. The fourth-order valence-corrected chi connectivity index (χ4v) is 15.2. The Kier molecular flexibility index (Phi) is 17.1. The van der Waals surface area contributed by atoms with E-state index in [2.05, 4.69) is 13.0 Å². The van der Waals surface area contributed by atoms with Gasteiger partial charge in [0.1, 0.15) is 36.6 Å². The fourth-order valence-electron chi connectivity index (χ4n) is 15.2. The van der Waals surface area contributed by atoms with Gasteiger partial charge < -0.3 is 91.1 Å². The zero-order chi connectivity index (χ0) is 53.5. The monoisotopic (exact) mass is 1070 g/mol. The van der Waals surface area contributed by atoms with Crippen molar-refractivity contribution in [3.63, 3.8) is 0 Å². The first-order chi connectivity index (χ1) is 35.7. The van der Waals surface area contributed by atoms with Crippen molar-refractivity contribution in [2.24, 2.45) is 22.7 Å². The second kappa shape index (κ2) is 22.5. The Labute approximate surface area is 442 Å². The highest BCUT2D eigenvalue weighted by Crippen LogP contribution is 2.66. The average molecular weight is 1070 g/mol. The number of carbonyl (C=O) groups excluding carboxylic acids is 1. The molecular weight excluding hydrogens is 981 g/mol. The molecule has 0 radical (unpaired) electrons. The minimum atomic E-state index is -0.968. The smallest absolute Gasteiger partial charge is 0.176 e. The summed E-state index contributed by atoms with van der Waals surface area (Å²) in [6.45, 7) is 15.8. The maximum atomic E-state index is 13.5. The van der Waals surface area contributed by atoms with E-state index in [-0.39, 0.29) is 66.1 Å². The molecule has 3 N–H and O–H groups in total. The zero-order valence-corrected chi connectivity index (χ0v) is 46.1. The van der Waals surface area contributed by atoms with Crippen molar-refractivity contribution in [3.05, 3.63) is 11.6 Å². The molecule has 7 heterocycles. The van der Waals surface area contributed by atoms with Crippen molar-refractivity contribution < 1.29 is 95.9 Å². The molecule has 1 spiro atoms. The third kappa shape index (κ3) is 10.6. The van der Waals surface area contributed by atoms with E-state index in [0.717, 1.165) is 25.7 Å². The van der Waals surface area contributed by atoms with Gasteiger partial charge in [0, 0.05) is 78.8 Å². The molecule has 2 bridgehead atoms. The molecule has 10 rings (SSSR count). The number of ketones is 1. The number of aliphatic hydroxyl groups is 3. The van der Waals surface area contributed by atoms with Crippen LogP contribution in [0.1, 0.15) is 126 Å². The minimum absolute atomic E-state index is 0.0496. The summed E-state index contributed by atoms with van der Waals surface area (Å²) >= 11 is 0. The zero-order valence-electron chi connectivity index (χ0n) is 46.1. The SMILES string of the molecule is CO[C@H]1C[C@H](O[C@H]2CC[C@@]3(C)C(=CC[C@@]45OC(C)[C@H]6C[C@@H](O)C(=O)[C@]6(C)C(C[C@@H]43)O5)C2)O[C@H](C)[C@H]1O[C@H]1C[C@@H](OC)[C@H](O[C@H]2C[C@@H](OC)[C@H](O[C@H]3C[C@@H](O)[C@H](O[C@H]4C[C@@H](OC)[C@H](O)[C@@H](C)O4)[C@@H](C)O3)[C@@H](C)O2)[C@@H](C)O1. The van der Waals surface area contributed by atoms with Crippen LogP contribution in [0, 0.1) is 22.7 Å². The van der Waals surface area contributed by atoms with Gasteiger partial charge in [-0.05, 0) is 86.0 Å². The van der Waals surface area contributed by atoms with Crippen molar-refractivity contribution >= 4 is 5.78 Å². The third-order valence-corrected chi connectivity index (χ3v) is 19.5. The van der Waals surface area contributed by atoms with Crippen LogP contribution in [0.25, 0.3) is 0 Å². The highest BCUT2D eigenvalue weighted by Gasteiger charge is 2.70. The predicted octanol–water partition coefficient (Wildman–Crippen LogP) is 4.37. The highest BCUT2D eigenvalue weighted by atomic mass is 16.8. The molecule has 2 unspecified atom stereocenters. The number of Topliss-reactive ketones (excluding diaryl/α,β-unsaturated/α-hetero) is 1. The average Bonchev–Trinajstić information content (AvgIpc) is 3.92. The molecule has 3 aliphatic carbocycles. The van der Waals surface area contributed by atoms with Crippen molar-refractivity contribution in [2.75, 3.05) is 28.4 Å². The highest BCUT2D eigenvalue weighted by molar-refractivity contribution is 5.91. The first-order valence-corrected chi connectivity index (χ1v) is 28.0. The Hall–Kier alpha value is -1.35. The Bertz CT molecular complexity index is 1990. The number of fused-ring (bicyclic) bond motifs is 5. The number of ether oxygens (including phenoxy) is 16. The van der Waals surface area contributed by atoms with Gasteiger partial charge in [-0.2, -0.15) is 0 Å². The second-order valence-corrected chi connectivity index (χ2v) is 24.0. The minimum Gasteiger partial charge on any atom is -0.390 e. The fraction of sp³-hybridized carbons (Fsp3) is 0.945. The van der Waals surface area contributed by atoms with E-state index < -0.39 is 122 Å². The van der Waals surface area contributed by atoms with E-state index in [0.29, 0.717) is 38.5 Å². The van der Waals surface area contributed by atoms with Gasteiger partial charge in [-0.15, -0.1) is 0 Å². The number of methoxy groups -OCH3 is 4. The summed E-state index contributed by atoms with van der Waals surface area (Å²) in [5.41, 5.74) is 0.401. The lowest BCUT2D eigenvalue weighted by Crippen LogP contribution is -2.58. The molecular formula is C55H88O20. The number of hydrogen-bond donors (Lipinski definition) is 3. The predicted molar refractivity (Wildman–Crippen MR) is 262 cm³/mol. The number of hydrogen-bond acceptors (Lipinski definition) is 20. The van der Waals surface area contributed by atoms with Crippen molar-refractivity contribution in [3.8, 4) is 0 Å². The van der Waals surface area contributed by atoms with E-state index >= 15 is 0 Å². The van der Waals surface area contributed by atoms with Gasteiger partial charge >= 0.3 is 0 Å². The molecule has 7 saturated heterocycles. The molecule has 20 nitrogen and oxygen atoms in total. The van der Waals surface area contributed by atoms with Crippen molar-refractivity contribution in [2.45, 2.75) is 279 Å². The van der Waals surface area contributed by atoms with E-state index in [9.17, 15) is 20.1 Å². The molecule has 10 aliphatic rings. The summed E-state index contributed by atoms with van der Waals surface area (Å²) in [5.74, 6) is -0.872. The number of rotatable bonds is 14. The summed E-state index contributed by atoms with van der Waals surface area (Å²) in [7, 11) is 6.52. The molecule has 75 heavy (non-hydrogen) atoms. The molecule has 20 heteroatoms. The van der Waals surface area contributed by atoms with Gasteiger partial charge in [0.05, 0.1) is 84.8 Å². The maximum Gasteiger partial charge on any atom is 0.176 e. The van der Waals surface area contributed by atoms with E-state index in [1.165, 1.54) is 5.57 Å².